The number of carbonyl (C=O) groups is 1. The average Bonchev–Trinajstić information content (AvgIpc) is 2.94. The molecule has 0 aliphatic carbocycles. The van der Waals surface area contributed by atoms with E-state index < -0.39 is 5.60 Å². The fourth-order valence-electron chi connectivity index (χ4n) is 2.79. The highest BCUT2D eigenvalue weighted by molar-refractivity contribution is 7.08. The summed E-state index contributed by atoms with van der Waals surface area (Å²) in [4.78, 5) is 16.6. The van der Waals surface area contributed by atoms with Crippen LogP contribution in [0.3, 0.4) is 0 Å². The van der Waals surface area contributed by atoms with Crippen LogP contribution in [-0.2, 0) is 0 Å². The Labute approximate surface area is 131 Å². The van der Waals surface area contributed by atoms with Crippen molar-refractivity contribution in [2.45, 2.75) is 38.7 Å². The van der Waals surface area contributed by atoms with Crippen LogP contribution >= 0.6 is 11.3 Å². The minimum absolute atomic E-state index is 0.138. The molecule has 1 amide bonds. The Morgan fingerprint density at radius 1 is 1.29 bits per heavy atom. The lowest BCUT2D eigenvalue weighted by molar-refractivity contribution is -0.00224. The maximum absolute atomic E-state index is 12.4. The third-order valence-corrected chi connectivity index (χ3v) is 5.16. The Morgan fingerprint density at radius 3 is 2.67 bits per heavy atom. The summed E-state index contributed by atoms with van der Waals surface area (Å²) in [6, 6.07) is 1.89. The summed E-state index contributed by atoms with van der Waals surface area (Å²) in [5, 5.41) is 14.3. The van der Waals surface area contributed by atoms with Crippen molar-refractivity contribution in [3.63, 3.8) is 0 Å². The highest BCUT2D eigenvalue weighted by atomic mass is 32.1. The van der Waals surface area contributed by atoms with Gasteiger partial charge in [0, 0.05) is 38.1 Å². The molecule has 1 aliphatic heterocycles. The SMILES string of the molecule is CCC(O)(CC)CN1CCCN(C(=O)c2ccsc2)CC1. The molecule has 1 saturated heterocycles. The van der Waals surface area contributed by atoms with E-state index in [0.717, 1.165) is 51.0 Å². The summed E-state index contributed by atoms with van der Waals surface area (Å²) in [6.07, 6.45) is 2.52. The molecule has 4 nitrogen and oxygen atoms in total. The number of hydrogen-bond donors (Lipinski definition) is 1. The van der Waals surface area contributed by atoms with Gasteiger partial charge >= 0.3 is 0 Å². The van der Waals surface area contributed by atoms with Crippen molar-refractivity contribution in [3.05, 3.63) is 22.4 Å². The maximum atomic E-state index is 12.4. The number of aliphatic hydroxyl groups is 1. The van der Waals surface area contributed by atoms with Gasteiger partial charge in [-0.2, -0.15) is 11.3 Å². The van der Waals surface area contributed by atoms with Crippen molar-refractivity contribution in [1.82, 2.24) is 9.80 Å². The summed E-state index contributed by atoms with van der Waals surface area (Å²) in [6.45, 7) is 8.13. The first-order valence-corrected chi connectivity index (χ1v) is 8.78. The zero-order chi connectivity index (χ0) is 15.3. The summed E-state index contributed by atoms with van der Waals surface area (Å²) in [5.41, 5.74) is 0.207. The Morgan fingerprint density at radius 2 is 2.05 bits per heavy atom. The molecule has 118 valence electrons. The number of carbonyl (C=O) groups excluding carboxylic acids is 1. The molecule has 1 N–H and O–H groups in total. The van der Waals surface area contributed by atoms with Gasteiger partial charge in [-0.15, -0.1) is 0 Å². The summed E-state index contributed by atoms with van der Waals surface area (Å²) in [7, 11) is 0. The summed E-state index contributed by atoms with van der Waals surface area (Å²) < 4.78 is 0. The molecule has 1 aromatic rings. The van der Waals surface area contributed by atoms with E-state index in [1.165, 1.54) is 0 Å². The van der Waals surface area contributed by atoms with Crippen molar-refractivity contribution in [2.75, 3.05) is 32.7 Å². The van der Waals surface area contributed by atoms with Crippen molar-refractivity contribution in [2.24, 2.45) is 0 Å². The highest BCUT2D eigenvalue weighted by Crippen LogP contribution is 2.18. The largest absolute Gasteiger partial charge is 0.389 e. The van der Waals surface area contributed by atoms with Crippen LogP contribution in [0.4, 0.5) is 0 Å². The van der Waals surface area contributed by atoms with Gasteiger partial charge in [0.1, 0.15) is 0 Å². The van der Waals surface area contributed by atoms with E-state index in [2.05, 4.69) is 4.90 Å². The van der Waals surface area contributed by atoms with Gasteiger partial charge in [-0.1, -0.05) is 13.8 Å². The van der Waals surface area contributed by atoms with E-state index in [1.807, 2.05) is 35.6 Å². The minimum atomic E-state index is -0.591. The minimum Gasteiger partial charge on any atom is -0.389 e. The van der Waals surface area contributed by atoms with Crippen molar-refractivity contribution in [1.29, 1.82) is 0 Å². The van der Waals surface area contributed by atoms with E-state index >= 15 is 0 Å². The molecule has 0 bridgehead atoms. The molecular weight excluding hydrogens is 284 g/mol. The Kier molecular flexibility index (Phi) is 5.79. The van der Waals surface area contributed by atoms with Gasteiger partial charge < -0.3 is 10.0 Å². The van der Waals surface area contributed by atoms with E-state index in [0.29, 0.717) is 6.54 Å². The van der Waals surface area contributed by atoms with Crippen LogP contribution in [0.2, 0.25) is 0 Å². The lowest BCUT2D eigenvalue weighted by Crippen LogP contribution is -2.44. The Balaban J connectivity index is 1.91. The number of amides is 1. The molecule has 0 spiro atoms. The Bertz CT molecular complexity index is 443. The summed E-state index contributed by atoms with van der Waals surface area (Å²) in [5.74, 6) is 0.138. The molecule has 0 aromatic carbocycles. The number of nitrogens with zero attached hydrogens (tertiary/aromatic N) is 2. The molecule has 0 radical (unpaired) electrons. The standard InChI is InChI=1S/C16H26N2O2S/c1-3-16(20,4-2)13-17-7-5-8-18(10-9-17)15(19)14-6-11-21-12-14/h6,11-12,20H,3-5,7-10,13H2,1-2H3. The van der Waals surface area contributed by atoms with Gasteiger partial charge in [0.25, 0.3) is 5.91 Å². The number of hydrogen-bond acceptors (Lipinski definition) is 4. The van der Waals surface area contributed by atoms with Crippen LogP contribution in [0.1, 0.15) is 43.5 Å². The second-order valence-corrected chi connectivity index (χ2v) is 6.65. The van der Waals surface area contributed by atoms with E-state index in [1.54, 1.807) is 11.3 Å². The smallest absolute Gasteiger partial charge is 0.254 e. The molecule has 2 rings (SSSR count). The number of β-amino-alcohol motifs (C(OH)–C–C–N with tert-alkyl or cyclic N) is 1. The molecule has 1 aromatic heterocycles. The second kappa shape index (κ2) is 7.38. The van der Waals surface area contributed by atoms with Gasteiger partial charge in [0.15, 0.2) is 0 Å². The fraction of sp³-hybridized carbons (Fsp3) is 0.688. The first-order chi connectivity index (χ1) is 10.1. The fourth-order valence-corrected chi connectivity index (χ4v) is 3.42. The van der Waals surface area contributed by atoms with Crippen molar-refractivity contribution < 1.29 is 9.90 Å². The lowest BCUT2D eigenvalue weighted by atomic mass is 9.97. The predicted octanol–water partition coefficient (Wildman–Crippen LogP) is 2.45. The van der Waals surface area contributed by atoms with Crippen LogP contribution in [0.15, 0.2) is 16.8 Å². The average molecular weight is 310 g/mol. The van der Waals surface area contributed by atoms with Crippen LogP contribution in [0.5, 0.6) is 0 Å². The first kappa shape index (κ1) is 16.5. The molecule has 21 heavy (non-hydrogen) atoms. The molecule has 0 unspecified atom stereocenters. The van der Waals surface area contributed by atoms with Gasteiger partial charge in [0.2, 0.25) is 0 Å². The zero-order valence-corrected chi connectivity index (χ0v) is 13.9. The monoisotopic (exact) mass is 310 g/mol. The summed E-state index contributed by atoms with van der Waals surface area (Å²) >= 11 is 1.56. The van der Waals surface area contributed by atoms with Crippen LogP contribution in [0, 0.1) is 0 Å². The van der Waals surface area contributed by atoms with Crippen molar-refractivity contribution >= 4 is 17.2 Å². The second-order valence-electron chi connectivity index (χ2n) is 5.87. The number of thiophene rings is 1. The topological polar surface area (TPSA) is 43.8 Å². The molecule has 5 heteroatoms. The van der Waals surface area contributed by atoms with E-state index in [9.17, 15) is 9.90 Å². The van der Waals surface area contributed by atoms with Gasteiger partial charge in [0.05, 0.1) is 11.2 Å². The van der Waals surface area contributed by atoms with Gasteiger partial charge in [-0.05, 0) is 30.7 Å². The van der Waals surface area contributed by atoms with Crippen LogP contribution in [0.25, 0.3) is 0 Å². The first-order valence-electron chi connectivity index (χ1n) is 7.84. The highest BCUT2D eigenvalue weighted by Gasteiger charge is 2.27. The Hall–Kier alpha value is -0.910. The van der Waals surface area contributed by atoms with E-state index in [-0.39, 0.29) is 5.91 Å². The third-order valence-electron chi connectivity index (χ3n) is 4.48. The van der Waals surface area contributed by atoms with Crippen molar-refractivity contribution in [3.8, 4) is 0 Å². The molecule has 0 atom stereocenters. The lowest BCUT2D eigenvalue weighted by Gasteiger charge is -2.32. The quantitative estimate of drug-likeness (QED) is 0.908. The molecule has 2 heterocycles. The molecule has 1 aliphatic rings. The molecule has 0 saturated carbocycles. The number of rotatable bonds is 5. The maximum Gasteiger partial charge on any atom is 0.254 e. The van der Waals surface area contributed by atoms with Crippen LogP contribution in [-0.4, -0.2) is 59.1 Å². The predicted molar refractivity (Wildman–Crippen MR) is 86.8 cm³/mol. The zero-order valence-electron chi connectivity index (χ0n) is 13.0. The van der Waals surface area contributed by atoms with E-state index in [4.69, 9.17) is 0 Å². The third kappa shape index (κ3) is 4.28. The normalized spacial score (nSPS) is 17.8. The molecule has 1 fully saturated rings. The molecular formula is C16H26N2O2S. The van der Waals surface area contributed by atoms with Crippen LogP contribution < -0.4 is 0 Å². The van der Waals surface area contributed by atoms with Gasteiger partial charge in [-0.25, -0.2) is 0 Å². The van der Waals surface area contributed by atoms with Gasteiger partial charge in [-0.3, -0.25) is 9.69 Å².